The summed E-state index contributed by atoms with van der Waals surface area (Å²) in [7, 11) is 0. The maximum atomic E-state index is 12.3. The molecule has 0 radical (unpaired) electrons. The van der Waals surface area contributed by atoms with Gasteiger partial charge >= 0.3 is 0 Å². The molecule has 1 N–H and O–H groups in total. The third-order valence-corrected chi connectivity index (χ3v) is 4.04. The number of carbonyl (C=O) groups is 2. The zero-order chi connectivity index (χ0) is 13.5. The van der Waals surface area contributed by atoms with Gasteiger partial charge in [0.25, 0.3) is 5.91 Å². The number of benzene rings is 1. The first-order valence-corrected chi connectivity index (χ1v) is 6.74. The average Bonchev–Trinajstić information content (AvgIpc) is 3.07. The van der Waals surface area contributed by atoms with E-state index in [1.54, 1.807) is 12.1 Å². The third-order valence-electron chi connectivity index (χ3n) is 4.04. The summed E-state index contributed by atoms with van der Waals surface area (Å²) in [6.45, 7) is 3.02. The number of hydrogen-bond acceptors (Lipinski definition) is 3. The molecule has 19 heavy (non-hydrogen) atoms. The van der Waals surface area contributed by atoms with Gasteiger partial charge in [0.05, 0.1) is 18.2 Å². The van der Waals surface area contributed by atoms with Crippen LogP contribution in [0.5, 0.6) is 0 Å². The highest BCUT2D eigenvalue weighted by molar-refractivity contribution is 6.22. The predicted molar refractivity (Wildman–Crippen MR) is 72.7 cm³/mol. The largest absolute Gasteiger partial charge is 0.305 e. The van der Waals surface area contributed by atoms with Crippen LogP contribution in [0, 0.1) is 5.41 Å². The van der Waals surface area contributed by atoms with Crippen molar-refractivity contribution >= 4 is 17.5 Å². The van der Waals surface area contributed by atoms with Crippen molar-refractivity contribution in [3.8, 4) is 0 Å². The van der Waals surface area contributed by atoms with E-state index in [2.05, 4.69) is 12.2 Å². The molecule has 0 aromatic heterocycles. The molecular formula is C15H18N2O2. The van der Waals surface area contributed by atoms with Gasteiger partial charge in [0.1, 0.15) is 0 Å². The fourth-order valence-electron chi connectivity index (χ4n) is 2.40. The highest BCUT2D eigenvalue weighted by atomic mass is 16.2. The summed E-state index contributed by atoms with van der Waals surface area (Å²) >= 11 is 0. The van der Waals surface area contributed by atoms with Crippen LogP contribution in [0.25, 0.3) is 0 Å². The topological polar surface area (TPSA) is 49.4 Å². The van der Waals surface area contributed by atoms with Crippen molar-refractivity contribution in [2.45, 2.75) is 32.2 Å². The van der Waals surface area contributed by atoms with Gasteiger partial charge in [-0.15, -0.1) is 0 Å². The lowest BCUT2D eigenvalue weighted by Crippen LogP contribution is -2.40. The maximum Gasteiger partial charge on any atom is 0.251 e. The Labute approximate surface area is 112 Å². The molecule has 2 amide bonds. The third kappa shape index (κ3) is 2.40. The van der Waals surface area contributed by atoms with E-state index < -0.39 is 0 Å². The summed E-state index contributed by atoms with van der Waals surface area (Å²) in [5, 5.41) is 3.25. The van der Waals surface area contributed by atoms with Crippen molar-refractivity contribution < 1.29 is 9.59 Å². The number of imide groups is 1. The minimum Gasteiger partial charge on any atom is -0.305 e. The molecule has 1 aromatic carbocycles. The SMILES string of the molecule is CC1(CNC2CC(=O)N(c3ccccc3)C2=O)CC1. The Balaban J connectivity index is 1.70. The van der Waals surface area contributed by atoms with Gasteiger partial charge in [-0.2, -0.15) is 0 Å². The summed E-state index contributed by atoms with van der Waals surface area (Å²) in [6.07, 6.45) is 2.68. The normalized spacial score (nSPS) is 24.9. The van der Waals surface area contributed by atoms with E-state index in [4.69, 9.17) is 0 Å². The number of para-hydroxylation sites is 1. The molecule has 0 bridgehead atoms. The van der Waals surface area contributed by atoms with E-state index in [9.17, 15) is 9.59 Å². The summed E-state index contributed by atoms with van der Waals surface area (Å²) in [6, 6.07) is 8.77. The van der Waals surface area contributed by atoms with Gasteiger partial charge in [-0.1, -0.05) is 25.1 Å². The van der Waals surface area contributed by atoms with Gasteiger partial charge in [0, 0.05) is 6.54 Å². The van der Waals surface area contributed by atoms with Crippen LogP contribution in [-0.4, -0.2) is 24.4 Å². The highest BCUT2D eigenvalue weighted by Gasteiger charge is 2.42. The lowest BCUT2D eigenvalue weighted by molar-refractivity contribution is -0.121. The van der Waals surface area contributed by atoms with E-state index in [1.165, 1.54) is 17.7 Å². The molecular weight excluding hydrogens is 240 g/mol. The first kappa shape index (κ1) is 12.4. The van der Waals surface area contributed by atoms with Gasteiger partial charge in [0.15, 0.2) is 0 Å². The average molecular weight is 258 g/mol. The van der Waals surface area contributed by atoms with E-state index >= 15 is 0 Å². The van der Waals surface area contributed by atoms with E-state index in [-0.39, 0.29) is 24.3 Å². The van der Waals surface area contributed by atoms with Gasteiger partial charge in [-0.05, 0) is 30.4 Å². The van der Waals surface area contributed by atoms with Crippen LogP contribution >= 0.6 is 0 Å². The van der Waals surface area contributed by atoms with Crippen LogP contribution in [0.4, 0.5) is 5.69 Å². The highest BCUT2D eigenvalue weighted by Crippen LogP contribution is 2.44. The van der Waals surface area contributed by atoms with Gasteiger partial charge in [-0.3, -0.25) is 9.59 Å². The zero-order valence-electron chi connectivity index (χ0n) is 11.1. The molecule has 1 aliphatic carbocycles. The predicted octanol–water partition coefficient (Wildman–Crippen LogP) is 1.71. The molecule has 2 fully saturated rings. The summed E-state index contributed by atoms with van der Waals surface area (Å²) < 4.78 is 0. The monoisotopic (exact) mass is 258 g/mol. The molecule has 4 heteroatoms. The molecule has 1 aliphatic heterocycles. The van der Waals surface area contributed by atoms with Crippen LogP contribution < -0.4 is 10.2 Å². The van der Waals surface area contributed by atoms with Gasteiger partial charge in [-0.25, -0.2) is 4.90 Å². The van der Waals surface area contributed by atoms with Crippen LogP contribution in [-0.2, 0) is 9.59 Å². The van der Waals surface area contributed by atoms with Crippen LogP contribution in [0.1, 0.15) is 26.2 Å². The molecule has 100 valence electrons. The van der Waals surface area contributed by atoms with E-state index in [1.807, 2.05) is 18.2 Å². The van der Waals surface area contributed by atoms with Crippen LogP contribution in [0.3, 0.4) is 0 Å². The number of nitrogens with one attached hydrogen (secondary N) is 1. The number of rotatable bonds is 4. The standard InChI is InChI=1S/C15H18N2O2/c1-15(7-8-15)10-16-12-9-13(18)17(14(12)19)11-5-3-2-4-6-11/h2-6,12,16H,7-10H2,1H3. The first-order chi connectivity index (χ1) is 9.09. The molecule has 4 nitrogen and oxygen atoms in total. The van der Waals surface area contributed by atoms with Gasteiger partial charge in [0.2, 0.25) is 5.91 Å². The molecule has 2 aliphatic rings. The van der Waals surface area contributed by atoms with E-state index in [0.29, 0.717) is 11.1 Å². The molecule has 0 spiro atoms. The van der Waals surface area contributed by atoms with Crippen LogP contribution in [0.15, 0.2) is 30.3 Å². The second-order valence-electron chi connectivity index (χ2n) is 5.85. The maximum absolute atomic E-state index is 12.3. The molecule has 1 atom stereocenters. The summed E-state index contributed by atoms with van der Waals surface area (Å²) in [4.78, 5) is 25.6. The van der Waals surface area contributed by atoms with Crippen molar-refractivity contribution in [3.05, 3.63) is 30.3 Å². The van der Waals surface area contributed by atoms with Gasteiger partial charge < -0.3 is 5.32 Å². The molecule has 3 rings (SSSR count). The Morgan fingerprint density at radius 2 is 1.95 bits per heavy atom. The van der Waals surface area contributed by atoms with Crippen molar-refractivity contribution in [2.24, 2.45) is 5.41 Å². The molecule has 1 saturated heterocycles. The van der Waals surface area contributed by atoms with E-state index in [0.717, 1.165) is 6.54 Å². The number of carbonyl (C=O) groups excluding carboxylic acids is 2. The van der Waals surface area contributed by atoms with Crippen molar-refractivity contribution in [3.63, 3.8) is 0 Å². The van der Waals surface area contributed by atoms with Crippen molar-refractivity contribution in [1.82, 2.24) is 5.32 Å². The van der Waals surface area contributed by atoms with Crippen LogP contribution in [0.2, 0.25) is 0 Å². The van der Waals surface area contributed by atoms with Crippen molar-refractivity contribution in [2.75, 3.05) is 11.4 Å². The second kappa shape index (κ2) is 4.46. The molecule has 1 aromatic rings. The fraction of sp³-hybridized carbons (Fsp3) is 0.467. The minimum absolute atomic E-state index is 0.116. The number of anilines is 1. The Kier molecular flexibility index (Phi) is 2.90. The Morgan fingerprint density at radius 3 is 2.58 bits per heavy atom. The smallest absolute Gasteiger partial charge is 0.251 e. The Hall–Kier alpha value is -1.68. The number of nitrogens with zero attached hydrogens (tertiary/aromatic N) is 1. The Bertz CT molecular complexity index is 508. The first-order valence-electron chi connectivity index (χ1n) is 6.74. The lowest BCUT2D eigenvalue weighted by atomic mass is 10.1. The number of hydrogen-bond donors (Lipinski definition) is 1. The lowest BCUT2D eigenvalue weighted by Gasteiger charge is -2.16. The minimum atomic E-state index is -0.356. The fourth-order valence-corrected chi connectivity index (χ4v) is 2.40. The zero-order valence-corrected chi connectivity index (χ0v) is 11.1. The van der Waals surface area contributed by atoms with Crippen molar-refractivity contribution in [1.29, 1.82) is 0 Å². The number of amides is 2. The molecule has 1 heterocycles. The molecule has 1 saturated carbocycles. The summed E-state index contributed by atoms with van der Waals surface area (Å²) in [5.74, 6) is -0.241. The second-order valence-corrected chi connectivity index (χ2v) is 5.85. The quantitative estimate of drug-likeness (QED) is 0.836. The Morgan fingerprint density at radius 1 is 1.26 bits per heavy atom. The summed E-state index contributed by atoms with van der Waals surface area (Å²) in [5.41, 5.74) is 1.00. The molecule has 1 unspecified atom stereocenters.